The summed E-state index contributed by atoms with van der Waals surface area (Å²) in [6.07, 6.45) is -2.24. The predicted molar refractivity (Wildman–Crippen MR) is 83.0 cm³/mol. The molecule has 1 fully saturated rings. The molecule has 24 heavy (non-hydrogen) atoms. The highest BCUT2D eigenvalue weighted by Crippen LogP contribution is 2.46. The fourth-order valence-electron chi connectivity index (χ4n) is 2.39. The van der Waals surface area contributed by atoms with Crippen LogP contribution in [0.4, 0.5) is 13.2 Å². The van der Waals surface area contributed by atoms with Gasteiger partial charge in [-0.25, -0.2) is 0 Å². The van der Waals surface area contributed by atoms with E-state index in [4.69, 9.17) is 16.3 Å². The van der Waals surface area contributed by atoms with Crippen molar-refractivity contribution in [1.29, 1.82) is 0 Å². The molecule has 1 aromatic rings. The summed E-state index contributed by atoms with van der Waals surface area (Å²) in [5, 5.41) is 5.98. The average molecular weight is 368 g/mol. The van der Waals surface area contributed by atoms with Crippen LogP contribution in [-0.4, -0.2) is 35.4 Å². The van der Waals surface area contributed by atoms with Gasteiger partial charge in [0.2, 0.25) is 5.91 Å². The summed E-state index contributed by atoms with van der Waals surface area (Å²) >= 11 is 5.88. The molecule has 1 aromatic heterocycles. The summed E-state index contributed by atoms with van der Waals surface area (Å²) in [5.74, 6) is -0.219. The molecular formula is C15H21ClF3N3O2. The summed E-state index contributed by atoms with van der Waals surface area (Å²) in [5.41, 5.74) is -0.670. The highest BCUT2D eigenvalue weighted by Gasteiger charge is 2.41. The number of carbonyl (C=O) groups excluding carboxylic acids is 1. The van der Waals surface area contributed by atoms with Crippen LogP contribution in [0.1, 0.15) is 49.9 Å². The standard InChI is InChI=1S/C15H21ClF3N3O2/c1-2-24-9-3-7-20-11(23)6-8-22-13(10-4-5-10)12(16)14(21-22)15(17,18)19/h10H,2-9H2,1H3,(H,20,23). The van der Waals surface area contributed by atoms with Crippen LogP contribution >= 0.6 is 11.6 Å². The zero-order valence-corrected chi connectivity index (χ0v) is 14.2. The van der Waals surface area contributed by atoms with E-state index in [1.54, 1.807) is 0 Å². The van der Waals surface area contributed by atoms with Gasteiger partial charge in [0.15, 0.2) is 5.69 Å². The quantitative estimate of drug-likeness (QED) is 0.681. The Kier molecular flexibility index (Phi) is 6.51. The van der Waals surface area contributed by atoms with E-state index in [2.05, 4.69) is 10.4 Å². The maximum Gasteiger partial charge on any atom is 0.436 e. The van der Waals surface area contributed by atoms with E-state index in [0.717, 1.165) is 12.8 Å². The smallest absolute Gasteiger partial charge is 0.382 e. The topological polar surface area (TPSA) is 56.1 Å². The Hall–Kier alpha value is -1.28. The molecule has 0 bridgehead atoms. The van der Waals surface area contributed by atoms with Crippen molar-refractivity contribution in [2.24, 2.45) is 0 Å². The molecule has 1 aliphatic carbocycles. The lowest BCUT2D eigenvalue weighted by molar-refractivity contribution is -0.141. The Balaban J connectivity index is 1.91. The van der Waals surface area contributed by atoms with Crippen molar-refractivity contribution < 1.29 is 22.7 Å². The van der Waals surface area contributed by atoms with Crippen LogP contribution in [0.3, 0.4) is 0 Å². The van der Waals surface area contributed by atoms with Crippen LogP contribution in [0.25, 0.3) is 0 Å². The summed E-state index contributed by atoms with van der Waals surface area (Å²) in [6, 6.07) is 0. The third kappa shape index (κ3) is 5.11. The number of aromatic nitrogens is 2. The van der Waals surface area contributed by atoms with E-state index in [9.17, 15) is 18.0 Å². The molecular weight excluding hydrogens is 347 g/mol. The van der Waals surface area contributed by atoms with Gasteiger partial charge in [-0.3, -0.25) is 9.48 Å². The van der Waals surface area contributed by atoms with Crippen molar-refractivity contribution in [2.75, 3.05) is 19.8 Å². The Morgan fingerprint density at radius 1 is 1.46 bits per heavy atom. The third-order valence-electron chi connectivity index (χ3n) is 3.71. The van der Waals surface area contributed by atoms with Gasteiger partial charge in [-0.1, -0.05) is 11.6 Å². The number of nitrogens with one attached hydrogen (secondary N) is 1. The molecule has 0 spiro atoms. The van der Waals surface area contributed by atoms with Crippen LogP contribution in [0, 0.1) is 0 Å². The first-order valence-electron chi connectivity index (χ1n) is 8.02. The SMILES string of the molecule is CCOCCCNC(=O)CCn1nc(C(F)(F)F)c(Cl)c1C1CC1. The summed E-state index contributed by atoms with van der Waals surface area (Å²) in [6.45, 7) is 3.63. The van der Waals surface area contributed by atoms with Gasteiger partial charge in [0.1, 0.15) is 0 Å². The van der Waals surface area contributed by atoms with Crippen molar-refractivity contribution in [1.82, 2.24) is 15.1 Å². The van der Waals surface area contributed by atoms with Crippen LogP contribution in [0.2, 0.25) is 5.02 Å². The van der Waals surface area contributed by atoms with Crippen molar-refractivity contribution in [3.8, 4) is 0 Å². The number of ether oxygens (including phenoxy) is 1. The summed E-state index contributed by atoms with van der Waals surface area (Å²) < 4.78 is 45.2. The minimum absolute atomic E-state index is 0.00959. The second kappa shape index (κ2) is 8.20. The maximum absolute atomic E-state index is 12.9. The van der Waals surface area contributed by atoms with E-state index in [1.807, 2.05) is 6.92 Å². The Morgan fingerprint density at radius 2 is 2.17 bits per heavy atom. The van der Waals surface area contributed by atoms with Gasteiger partial charge in [0.25, 0.3) is 0 Å². The lowest BCUT2D eigenvalue weighted by atomic mass is 10.2. The number of hydrogen-bond donors (Lipinski definition) is 1. The van der Waals surface area contributed by atoms with Gasteiger partial charge < -0.3 is 10.1 Å². The van der Waals surface area contributed by atoms with E-state index in [0.29, 0.717) is 31.9 Å². The zero-order chi connectivity index (χ0) is 17.7. The van der Waals surface area contributed by atoms with E-state index in [1.165, 1.54) is 4.68 Å². The molecule has 1 saturated carbocycles. The molecule has 9 heteroatoms. The number of alkyl halides is 3. The van der Waals surface area contributed by atoms with Gasteiger partial charge in [0, 0.05) is 32.1 Å². The fourth-order valence-corrected chi connectivity index (χ4v) is 2.79. The van der Waals surface area contributed by atoms with Crippen LogP contribution in [0.5, 0.6) is 0 Å². The normalized spacial score (nSPS) is 14.9. The molecule has 1 aliphatic rings. The van der Waals surface area contributed by atoms with Crippen LogP contribution < -0.4 is 5.32 Å². The molecule has 136 valence electrons. The molecule has 0 saturated heterocycles. The Bertz CT molecular complexity index is 571. The largest absolute Gasteiger partial charge is 0.436 e. The molecule has 5 nitrogen and oxygen atoms in total. The van der Waals surface area contributed by atoms with Gasteiger partial charge in [-0.2, -0.15) is 18.3 Å². The molecule has 1 N–H and O–H groups in total. The lowest BCUT2D eigenvalue weighted by Gasteiger charge is -2.08. The highest BCUT2D eigenvalue weighted by molar-refractivity contribution is 6.32. The summed E-state index contributed by atoms with van der Waals surface area (Å²) in [7, 11) is 0. The molecule has 0 radical (unpaired) electrons. The molecule has 0 atom stereocenters. The second-order valence-corrected chi connectivity index (χ2v) is 6.07. The summed E-state index contributed by atoms with van der Waals surface area (Å²) in [4.78, 5) is 11.8. The van der Waals surface area contributed by atoms with Crippen molar-refractivity contribution >= 4 is 17.5 Å². The third-order valence-corrected chi connectivity index (χ3v) is 4.08. The first-order valence-corrected chi connectivity index (χ1v) is 8.40. The molecule has 1 amide bonds. The number of aryl methyl sites for hydroxylation is 1. The number of hydrogen-bond acceptors (Lipinski definition) is 3. The molecule has 0 aliphatic heterocycles. The lowest BCUT2D eigenvalue weighted by Crippen LogP contribution is -2.26. The second-order valence-electron chi connectivity index (χ2n) is 5.69. The van der Waals surface area contributed by atoms with Gasteiger partial charge in [0.05, 0.1) is 17.3 Å². The number of rotatable bonds is 9. The van der Waals surface area contributed by atoms with E-state index in [-0.39, 0.29) is 29.8 Å². The Labute approximate surface area is 143 Å². The first-order chi connectivity index (χ1) is 11.3. The van der Waals surface area contributed by atoms with Crippen LogP contribution in [-0.2, 0) is 22.3 Å². The van der Waals surface area contributed by atoms with Crippen molar-refractivity contribution in [3.63, 3.8) is 0 Å². The van der Waals surface area contributed by atoms with Crippen LogP contribution in [0.15, 0.2) is 0 Å². The van der Waals surface area contributed by atoms with Crippen molar-refractivity contribution in [3.05, 3.63) is 16.4 Å². The fraction of sp³-hybridized carbons (Fsp3) is 0.733. The first kappa shape index (κ1) is 19.1. The monoisotopic (exact) mass is 367 g/mol. The highest BCUT2D eigenvalue weighted by atomic mass is 35.5. The molecule has 1 heterocycles. The van der Waals surface area contributed by atoms with E-state index < -0.39 is 11.9 Å². The number of carbonyl (C=O) groups is 1. The Morgan fingerprint density at radius 3 is 2.75 bits per heavy atom. The molecule has 2 rings (SSSR count). The van der Waals surface area contributed by atoms with Gasteiger partial charge in [-0.05, 0) is 26.2 Å². The number of nitrogens with zero attached hydrogens (tertiary/aromatic N) is 2. The van der Waals surface area contributed by atoms with Gasteiger partial charge in [-0.15, -0.1) is 0 Å². The van der Waals surface area contributed by atoms with Gasteiger partial charge >= 0.3 is 6.18 Å². The minimum Gasteiger partial charge on any atom is -0.382 e. The molecule has 0 aromatic carbocycles. The van der Waals surface area contributed by atoms with Crippen molar-refractivity contribution in [2.45, 2.75) is 51.2 Å². The average Bonchev–Trinajstić information content (AvgIpc) is 3.27. The van der Waals surface area contributed by atoms with E-state index >= 15 is 0 Å². The maximum atomic E-state index is 12.9. The number of amides is 1. The number of halogens is 4. The minimum atomic E-state index is -4.59. The zero-order valence-electron chi connectivity index (χ0n) is 13.5. The molecule has 0 unspecified atom stereocenters. The predicted octanol–water partition coefficient (Wildman–Crippen LogP) is 3.37.